The first-order valence-electron chi connectivity index (χ1n) is 7.21. The fraction of sp³-hybridized carbons (Fsp3) is 0.533. The van der Waals surface area contributed by atoms with E-state index in [1.807, 2.05) is 0 Å². The number of halogens is 1. The van der Waals surface area contributed by atoms with Crippen molar-refractivity contribution in [3.63, 3.8) is 0 Å². The molecule has 0 bridgehead atoms. The maximum atomic E-state index is 13.0. The fourth-order valence-electron chi connectivity index (χ4n) is 2.76. The van der Waals surface area contributed by atoms with E-state index in [4.69, 9.17) is 11.6 Å². The molecule has 1 heterocycles. The molecule has 1 saturated heterocycles. The van der Waals surface area contributed by atoms with Gasteiger partial charge in [0.2, 0.25) is 10.0 Å². The van der Waals surface area contributed by atoms with Crippen LogP contribution in [-0.2, 0) is 19.6 Å². The summed E-state index contributed by atoms with van der Waals surface area (Å²) >= 11 is 6.04. The zero-order chi connectivity index (χ0) is 16.3. The van der Waals surface area contributed by atoms with Gasteiger partial charge in [0.1, 0.15) is 0 Å². The number of hydrogen-bond donors (Lipinski definition) is 0. The lowest BCUT2D eigenvalue weighted by Gasteiger charge is -2.34. The molecule has 122 valence electrons. The molecule has 22 heavy (non-hydrogen) atoms. The van der Waals surface area contributed by atoms with Crippen LogP contribution >= 0.6 is 11.6 Å². The van der Waals surface area contributed by atoms with Crippen molar-refractivity contribution in [1.82, 2.24) is 4.31 Å². The van der Waals surface area contributed by atoms with Gasteiger partial charge in [-0.1, -0.05) is 24.1 Å². The fourth-order valence-corrected chi connectivity index (χ4v) is 4.94. The standard InChI is InChI=1S/C15H20ClNO4S/c1-11-13(16)7-5-8-14(11)22(19,20)17-9-4-3-6-12(17)10-15(18)21-2/h5,7-8,12H,3-4,6,9-10H2,1-2H3/t12-/m0/s1. The van der Waals surface area contributed by atoms with Crippen LogP contribution in [0.1, 0.15) is 31.2 Å². The number of piperidine rings is 1. The highest BCUT2D eigenvalue weighted by molar-refractivity contribution is 7.89. The predicted molar refractivity (Wildman–Crippen MR) is 84.4 cm³/mol. The van der Waals surface area contributed by atoms with E-state index in [9.17, 15) is 13.2 Å². The number of nitrogens with zero attached hydrogens (tertiary/aromatic N) is 1. The SMILES string of the molecule is COC(=O)C[C@@H]1CCCCN1S(=O)(=O)c1cccc(Cl)c1C. The molecule has 1 fully saturated rings. The normalized spacial score (nSPS) is 19.9. The van der Waals surface area contributed by atoms with Gasteiger partial charge in [-0.3, -0.25) is 4.79 Å². The van der Waals surface area contributed by atoms with E-state index in [0.717, 1.165) is 12.8 Å². The van der Waals surface area contributed by atoms with Gasteiger partial charge < -0.3 is 4.74 Å². The molecule has 0 radical (unpaired) electrons. The highest BCUT2D eigenvalue weighted by atomic mass is 35.5. The Hall–Kier alpha value is -1.11. The lowest BCUT2D eigenvalue weighted by molar-refractivity contribution is -0.141. The second-order valence-corrected chi connectivity index (χ2v) is 7.67. The first kappa shape index (κ1) is 17.2. The molecule has 7 heteroatoms. The van der Waals surface area contributed by atoms with Gasteiger partial charge in [0.05, 0.1) is 18.4 Å². The molecular formula is C15H20ClNO4S. The Bertz CT molecular complexity index is 660. The van der Waals surface area contributed by atoms with Crippen molar-refractivity contribution in [2.45, 2.75) is 43.5 Å². The van der Waals surface area contributed by atoms with Crippen molar-refractivity contribution < 1.29 is 17.9 Å². The highest BCUT2D eigenvalue weighted by Gasteiger charge is 2.35. The molecule has 1 atom stereocenters. The van der Waals surface area contributed by atoms with Crippen LogP contribution in [0.4, 0.5) is 0 Å². The quantitative estimate of drug-likeness (QED) is 0.787. The number of methoxy groups -OCH3 is 1. The topological polar surface area (TPSA) is 63.7 Å². The number of rotatable bonds is 4. The van der Waals surface area contributed by atoms with E-state index in [1.165, 1.54) is 11.4 Å². The first-order chi connectivity index (χ1) is 10.4. The first-order valence-corrected chi connectivity index (χ1v) is 9.03. The number of sulfonamides is 1. The van der Waals surface area contributed by atoms with Gasteiger partial charge in [-0.25, -0.2) is 8.42 Å². The minimum absolute atomic E-state index is 0.0787. The van der Waals surface area contributed by atoms with Gasteiger partial charge in [0.25, 0.3) is 0 Å². The van der Waals surface area contributed by atoms with Crippen molar-refractivity contribution in [2.75, 3.05) is 13.7 Å². The minimum atomic E-state index is -3.68. The van der Waals surface area contributed by atoms with Crippen molar-refractivity contribution in [2.24, 2.45) is 0 Å². The molecule has 5 nitrogen and oxygen atoms in total. The number of hydrogen-bond acceptors (Lipinski definition) is 4. The number of esters is 1. The predicted octanol–water partition coefficient (Wildman–Crippen LogP) is 2.75. The monoisotopic (exact) mass is 345 g/mol. The zero-order valence-electron chi connectivity index (χ0n) is 12.7. The molecule has 1 aromatic rings. The number of carbonyl (C=O) groups is 1. The molecule has 0 spiro atoms. The van der Waals surface area contributed by atoms with Gasteiger partial charge in [-0.05, 0) is 37.5 Å². The summed E-state index contributed by atoms with van der Waals surface area (Å²) in [6, 6.07) is 4.49. The summed E-state index contributed by atoms with van der Waals surface area (Å²) in [7, 11) is -2.37. The molecule has 1 aromatic carbocycles. The van der Waals surface area contributed by atoms with E-state index in [-0.39, 0.29) is 17.4 Å². The van der Waals surface area contributed by atoms with Gasteiger partial charge in [0, 0.05) is 17.6 Å². The average Bonchev–Trinajstić information content (AvgIpc) is 2.50. The van der Waals surface area contributed by atoms with Crippen LogP contribution in [0, 0.1) is 6.92 Å². The van der Waals surface area contributed by atoms with Crippen LogP contribution in [0.5, 0.6) is 0 Å². The van der Waals surface area contributed by atoms with E-state index >= 15 is 0 Å². The zero-order valence-corrected chi connectivity index (χ0v) is 14.3. The molecule has 0 saturated carbocycles. The summed E-state index contributed by atoms with van der Waals surface area (Å²) in [6.07, 6.45) is 2.43. The van der Waals surface area contributed by atoms with Crippen molar-refractivity contribution >= 4 is 27.6 Å². The van der Waals surface area contributed by atoms with Crippen LogP contribution in [0.25, 0.3) is 0 Å². The molecule has 0 N–H and O–H groups in total. The number of carbonyl (C=O) groups excluding carboxylic acids is 1. The third-order valence-electron chi connectivity index (χ3n) is 4.01. The summed E-state index contributed by atoms with van der Waals surface area (Å²) in [5.41, 5.74) is 0.534. The van der Waals surface area contributed by atoms with Gasteiger partial charge in [-0.2, -0.15) is 4.31 Å². The maximum Gasteiger partial charge on any atom is 0.307 e. The lowest BCUT2D eigenvalue weighted by Crippen LogP contribution is -2.44. The Kier molecular flexibility index (Phi) is 5.47. The van der Waals surface area contributed by atoms with Crippen LogP contribution in [0.15, 0.2) is 23.1 Å². The van der Waals surface area contributed by atoms with Crippen LogP contribution in [0.2, 0.25) is 5.02 Å². The van der Waals surface area contributed by atoms with Crippen LogP contribution in [-0.4, -0.2) is 38.4 Å². The second kappa shape index (κ2) is 6.98. The Morgan fingerprint density at radius 1 is 1.41 bits per heavy atom. The van der Waals surface area contributed by atoms with Gasteiger partial charge in [0.15, 0.2) is 0 Å². The molecule has 0 unspecified atom stereocenters. The summed E-state index contributed by atoms with van der Waals surface area (Å²) in [5, 5.41) is 0.419. The van der Waals surface area contributed by atoms with E-state index in [0.29, 0.717) is 23.6 Å². The van der Waals surface area contributed by atoms with Gasteiger partial charge >= 0.3 is 5.97 Å². The largest absolute Gasteiger partial charge is 0.469 e. The summed E-state index contributed by atoms with van der Waals surface area (Å²) in [6.45, 7) is 2.10. The third-order valence-corrected chi connectivity index (χ3v) is 6.51. The molecule has 0 aromatic heterocycles. The minimum Gasteiger partial charge on any atom is -0.469 e. The third kappa shape index (κ3) is 3.45. The highest BCUT2D eigenvalue weighted by Crippen LogP contribution is 2.31. The Labute approximate surface area is 136 Å². The molecule has 1 aliphatic rings. The molecular weight excluding hydrogens is 326 g/mol. The summed E-state index contributed by atoms with van der Waals surface area (Å²) < 4.78 is 32.0. The Morgan fingerprint density at radius 3 is 2.82 bits per heavy atom. The van der Waals surface area contributed by atoms with Crippen molar-refractivity contribution in [1.29, 1.82) is 0 Å². The smallest absolute Gasteiger partial charge is 0.307 e. The van der Waals surface area contributed by atoms with E-state index in [2.05, 4.69) is 4.74 Å². The van der Waals surface area contributed by atoms with Crippen molar-refractivity contribution in [3.05, 3.63) is 28.8 Å². The Balaban J connectivity index is 2.37. The lowest BCUT2D eigenvalue weighted by atomic mass is 10.0. The van der Waals surface area contributed by atoms with Crippen LogP contribution < -0.4 is 0 Å². The van der Waals surface area contributed by atoms with E-state index in [1.54, 1.807) is 25.1 Å². The Morgan fingerprint density at radius 2 is 2.14 bits per heavy atom. The van der Waals surface area contributed by atoms with Gasteiger partial charge in [-0.15, -0.1) is 0 Å². The average molecular weight is 346 g/mol. The second-order valence-electron chi connectivity index (χ2n) is 5.41. The van der Waals surface area contributed by atoms with Crippen molar-refractivity contribution in [3.8, 4) is 0 Å². The maximum absolute atomic E-state index is 13.0. The summed E-state index contributed by atoms with van der Waals surface area (Å²) in [4.78, 5) is 11.8. The molecule has 2 rings (SSSR count). The van der Waals surface area contributed by atoms with E-state index < -0.39 is 16.0 Å². The molecule has 0 aliphatic carbocycles. The molecule has 0 amide bonds. The molecule has 1 aliphatic heterocycles. The number of benzene rings is 1. The number of ether oxygens (including phenoxy) is 1. The van der Waals surface area contributed by atoms with Crippen LogP contribution in [0.3, 0.4) is 0 Å². The summed E-state index contributed by atoms with van der Waals surface area (Å²) in [5.74, 6) is -0.394.